The molecular formula is C28H33N7O3. The van der Waals surface area contributed by atoms with E-state index in [0.29, 0.717) is 36.1 Å². The summed E-state index contributed by atoms with van der Waals surface area (Å²) >= 11 is 0. The van der Waals surface area contributed by atoms with Crippen LogP contribution >= 0.6 is 0 Å². The van der Waals surface area contributed by atoms with Crippen LogP contribution in [0.15, 0.2) is 36.4 Å². The summed E-state index contributed by atoms with van der Waals surface area (Å²) in [6.07, 6.45) is -0.413. The number of morpholine rings is 1. The Morgan fingerprint density at radius 1 is 1.08 bits per heavy atom. The van der Waals surface area contributed by atoms with Crippen LogP contribution in [-0.4, -0.2) is 75.5 Å². The van der Waals surface area contributed by atoms with Gasteiger partial charge < -0.3 is 24.7 Å². The van der Waals surface area contributed by atoms with Crippen LogP contribution in [0.1, 0.15) is 30.5 Å². The lowest BCUT2D eigenvalue weighted by molar-refractivity contribution is 0.0342. The molecule has 0 unspecified atom stereocenters. The van der Waals surface area contributed by atoms with Crippen molar-refractivity contribution in [2.75, 3.05) is 39.4 Å². The number of rotatable bonds is 7. The zero-order valence-electron chi connectivity index (χ0n) is 21.8. The zero-order chi connectivity index (χ0) is 26.1. The minimum absolute atomic E-state index is 0.371. The molecule has 2 aliphatic heterocycles. The van der Waals surface area contributed by atoms with E-state index >= 15 is 0 Å². The fourth-order valence-electron chi connectivity index (χ4n) is 5.13. The Morgan fingerprint density at radius 3 is 2.55 bits per heavy atom. The van der Waals surface area contributed by atoms with E-state index in [0.717, 1.165) is 62.5 Å². The van der Waals surface area contributed by atoms with Gasteiger partial charge in [0.15, 0.2) is 11.6 Å². The van der Waals surface area contributed by atoms with Crippen molar-refractivity contribution >= 4 is 17.1 Å². The first kappa shape index (κ1) is 24.6. The first-order chi connectivity index (χ1) is 18.6. The quantitative estimate of drug-likeness (QED) is 0.342. The third-order valence-electron chi connectivity index (χ3n) is 7.34. The molecule has 0 saturated carbocycles. The monoisotopic (exact) mass is 515 g/mol. The number of carbonyl (C=O) groups is 1. The highest BCUT2D eigenvalue weighted by Gasteiger charge is 2.25. The molecule has 6 rings (SSSR count). The number of nitrogens with one attached hydrogen (secondary N) is 3. The van der Waals surface area contributed by atoms with Gasteiger partial charge >= 0.3 is 6.09 Å². The van der Waals surface area contributed by atoms with Gasteiger partial charge in [0, 0.05) is 51.4 Å². The molecule has 10 nitrogen and oxygen atoms in total. The molecule has 198 valence electrons. The van der Waals surface area contributed by atoms with E-state index in [-0.39, 0.29) is 0 Å². The Hall–Kier alpha value is -3.73. The summed E-state index contributed by atoms with van der Waals surface area (Å²) in [5.41, 5.74) is 7.53. The molecule has 2 aliphatic rings. The summed E-state index contributed by atoms with van der Waals surface area (Å²) in [5.74, 6) is 0.956. The third kappa shape index (κ3) is 4.78. The first-order valence-electron chi connectivity index (χ1n) is 13.3. The van der Waals surface area contributed by atoms with E-state index in [1.807, 2.05) is 26.0 Å². The van der Waals surface area contributed by atoms with Gasteiger partial charge in [0.1, 0.15) is 11.4 Å². The molecule has 4 aromatic rings. The first-order valence-corrected chi connectivity index (χ1v) is 13.3. The fraction of sp³-hybridized carbons (Fsp3) is 0.393. The highest BCUT2D eigenvalue weighted by molar-refractivity contribution is 5.85. The van der Waals surface area contributed by atoms with Gasteiger partial charge in [0.05, 0.1) is 24.2 Å². The van der Waals surface area contributed by atoms with Gasteiger partial charge in [-0.05, 0) is 42.7 Å². The number of imidazole rings is 1. The number of hydrogen-bond acceptors (Lipinski definition) is 7. The predicted molar refractivity (Wildman–Crippen MR) is 145 cm³/mol. The summed E-state index contributed by atoms with van der Waals surface area (Å²) in [6.45, 7) is 11.0. The van der Waals surface area contributed by atoms with Crippen LogP contribution in [0.2, 0.25) is 0 Å². The van der Waals surface area contributed by atoms with Crippen molar-refractivity contribution in [3.63, 3.8) is 0 Å². The lowest BCUT2D eigenvalue weighted by atomic mass is 10.1. The number of carbonyl (C=O) groups excluding carboxylic acids is 1. The molecule has 2 aromatic carbocycles. The molecular weight excluding hydrogens is 482 g/mol. The molecule has 0 aliphatic carbocycles. The van der Waals surface area contributed by atoms with Gasteiger partial charge in [0.25, 0.3) is 0 Å². The zero-order valence-corrected chi connectivity index (χ0v) is 21.8. The number of amides is 1. The van der Waals surface area contributed by atoms with Crippen molar-refractivity contribution in [1.29, 1.82) is 0 Å². The largest absolute Gasteiger partial charge is 0.415 e. The van der Waals surface area contributed by atoms with Gasteiger partial charge in [-0.2, -0.15) is 5.10 Å². The molecule has 4 heterocycles. The number of fused-ring (bicyclic) bond motifs is 2. The second-order valence-electron chi connectivity index (χ2n) is 9.73. The maximum Gasteiger partial charge on any atom is 0.415 e. The van der Waals surface area contributed by atoms with Crippen molar-refractivity contribution in [3.8, 4) is 28.5 Å². The van der Waals surface area contributed by atoms with Crippen molar-refractivity contribution in [2.45, 2.75) is 33.5 Å². The highest BCUT2D eigenvalue weighted by Crippen LogP contribution is 2.37. The summed E-state index contributed by atoms with van der Waals surface area (Å²) in [7, 11) is 0. The highest BCUT2D eigenvalue weighted by atomic mass is 16.6. The number of aromatic amines is 2. The number of H-pyrrole nitrogens is 2. The average molecular weight is 516 g/mol. The number of ether oxygens (including phenoxy) is 2. The number of nitrogens with zero attached hydrogens (tertiary/aromatic N) is 4. The maximum atomic E-state index is 13.0. The van der Waals surface area contributed by atoms with Gasteiger partial charge in [-0.15, -0.1) is 0 Å². The van der Waals surface area contributed by atoms with E-state index in [9.17, 15) is 4.79 Å². The van der Waals surface area contributed by atoms with Gasteiger partial charge in [-0.3, -0.25) is 10.00 Å². The molecule has 1 saturated heterocycles. The standard InChI is InChI=1S/C28H33N7O3/c1-3-35(4-2)28(36)38-26-24(19-7-5-18(6-8-19)17-34-9-11-37-12-10-34)32-33-25(26)27-30-22-13-20-15-29-16-21(20)14-23(22)31-27/h5-8,13-14,29H,3-4,9-12,15-17H2,1-2H3,(H,30,31)(H,32,33). The fourth-order valence-corrected chi connectivity index (χ4v) is 5.13. The van der Waals surface area contributed by atoms with E-state index in [1.54, 1.807) is 4.90 Å². The minimum atomic E-state index is -0.413. The molecule has 0 bridgehead atoms. The van der Waals surface area contributed by atoms with Crippen molar-refractivity contribution in [3.05, 3.63) is 53.1 Å². The summed E-state index contributed by atoms with van der Waals surface area (Å²) in [6, 6.07) is 12.5. The van der Waals surface area contributed by atoms with E-state index in [2.05, 4.69) is 49.7 Å². The predicted octanol–water partition coefficient (Wildman–Crippen LogP) is 3.90. The van der Waals surface area contributed by atoms with Gasteiger partial charge in [-0.1, -0.05) is 24.3 Å². The van der Waals surface area contributed by atoms with Gasteiger partial charge in [-0.25, -0.2) is 9.78 Å². The van der Waals surface area contributed by atoms with E-state index < -0.39 is 6.09 Å². The molecule has 38 heavy (non-hydrogen) atoms. The summed E-state index contributed by atoms with van der Waals surface area (Å²) < 4.78 is 11.5. The Labute approximate surface area is 221 Å². The molecule has 0 atom stereocenters. The van der Waals surface area contributed by atoms with Crippen molar-refractivity contribution in [2.24, 2.45) is 0 Å². The topological polar surface area (TPSA) is 111 Å². The van der Waals surface area contributed by atoms with Crippen molar-refractivity contribution in [1.82, 2.24) is 35.3 Å². The summed E-state index contributed by atoms with van der Waals surface area (Å²) in [4.78, 5) is 25.3. The third-order valence-corrected chi connectivity index (χ3v) is 7.34. The van der Waals surface area contributed by atoms with Crippen LogP contribution in [-0.2, 0) is 24.4 Å². The van der Waals surface area contributed by atoms with Crippen molar-refractivity contribution < 1.29 is 14.3 Å². The van der Waals surface area contributed by atoms with Crippen LogP contribution in [0.3, 0.4) is 0 Å². The number of aromatic nitrogens is 4. The smallest absolute Gasteiger partial charge is 0.405 e. The Kier molecular flexibility index (Phi) is 6.84. The molecule has 1 amide bonds. The van der Waals surface area contributed by atoms with Crippen LogP contribution < -0.4 is 10.1 Å². The maximum absolute atomic E-state index is 13.0. The molecule has 0 spiro atoms. The molecule has 1 fully saturated rings. The average Bonchev–Trinajstić information content (AvgIpc) is 3.67. The van der Waals surface area contributed by atoms with E-state index in [1.165, 1.54) is 16.7 Å². The van der Waals surface area contributed by atoms with Gasteiger partial charge in [0.2, 0.25) is 0 Å². The van der Waals surface area contributed by atoms with Crippen LogP contribution in [0.25, 0.3) is 33.8 Å². The summed E-state index contributed by atoms with van der Waals surface area (Å²) in [5, 5.41) is 11.1. The lowest BCUT2D eigenvalue weighted by Crippen LogP contribution is -2.35. The molecule has 0 radical (unpaired) electrons. The Morgan fingerprint density at radius 2 is 1.82 bits per heavy atom. The second-order valence-corrected chi connectivity index (χ2v) is 9.73. The Balaban J connectivity index is 1.34. The van der Waals surface area contributed by atoms with Crippen LogP contribution in [0.5, 0.6) is 5.75 Å². The van der Waals surface area contributed by atoms with Crippen LogP contribution in [0, 0.1) is 0 Å². The normalized spacial score (nSPS) is 15.6. The molecule has 10 heteroatoms. The molecule has 2 aromatic heterocycles. The second kappa shape index (κ2) is 10.6. The number of hydrogen-bond donors (Lipinski definition) is 3. The van der Waals surface area contributed by atoms with E-state index in [4.69, 9.17) is 14.5 Å². The lowest BCUT2D eigenvalue weighted by Gasteiger charge is -2.26. The number of benzene rings is 2. The Bertz CT molecular complexity index is 1390. The van der Waals surface area contributed by atoms with Crippen LogP contribution in [0.4, 0.5) is 4.79 Å². The minimum Gasteiger partial charge on any atom is -0.405 e. The SMILES string of the molecule is CCN(CC)C(=O)Oc1c(-c2ccc(CN3CCOCC3)cc2)n[nH]c1-c1nc2cc3c(cc2[nH]1)CNC3. The molecule has 3 N–H and O–H groups in total.